The molecule has 20 heavy (non-hydrogen) atoms. The number of rotatable bonds is 4. The van der Waals surface area contributed by atoms with Gasteiger partial charge >= 0.3 is 0 Å². The highest BCUT2D eigenvalue weighted by Crippen LogP contribution is 2.45. The molecule has 1 aliphatic carbocycles. The molecular formula is C16H21ClO3. The van der Waals surface area contributed by atoms with Crippen LogP contribution in [0.3, 0.4) is 0 Å². The molecule has 1 aromatic rings. The smallest absolute Gasteiger partial charge is 0.120 e. The van der Waals surface area contributed by atoms with Gasteiger partial charge in [0.05, 0.1) is 11.7 Å². The van der Waals surface area contributed by atoms with Crippen LogP contribution in [0.2, 0.25) is 5.02 Å². The molecule has 1 saturated carbocycles. The van der Waals surface area contributed by atoms with Gasteiger partial charge in [-0.15, -0.1) is 0 Å². The molecule has 2 aliphatic rings. The van der Waals surface area contributed by atoms with E-state index in [0.29, 0.717) is 17.4 Å². The van der Waals surface area contributed by atoms with Crippen LogP contribution in [-0.2, 0) is 4.74 Å². The minimum atomic E-state index is -0.435. The first-order chi connectivity index (χ1) is 9.67. The molecule has 1 aromatic carbocycles. The van der Waals surface area contributed by atoms with Crippen molar-refractivity contribution in [3.63, 3.8) is 0 Å². The van der Waals surface area contributed by atoms with E-state index in [4.69, 9.17) is 21.1 Å². The molecule has 2 unspecified atom stereocenters. The predicted molar refractivity (Wildman–Crippen MR) is 78.2 cm³/mol. The summed E-state index contributed by atoms with van der Waals surface area (Å²) in [4.78, 5) is 0. The third-order valence-corrected chi connectivity index (χ3v) is 4.79. The number of hydrogen-bond donors (Lipinski definition) is 1. The molecule has 0 amide bonds. The summed E-state index contributed by atoms with van der Waals surface area (Å²) in [6.45, 7) is 1.08. The predicted octanol–water partition coefficient (Wildman–Crippen LogP) is 3.43. The zero-order chi connectivity index (χ0) is 14.0. The van der Waals surface area contributed by atoms with Crippen LogP contribution in [0, 0.1) is 5.92 Å². The van der Waals surface area contributed by atoms with E-state index in [1.165, 1.54) is 6.42 Å². The largest absolute Gasteiger partial charge is 0.491 e. The SMILES string of the molecule is OC(COc1cccc(Cl)c1)C1CCOC2(CCC2)C1. The van der Waals surface area contributed by atoms with Crippen molar-refractivity contribution in [3.8, 4) is 5.75 Å². The van der Waals surface area contributed by atoms with Crippen LogP contribution in [0.1, 0.15) is 32.1 Å². The Labute approximate surface area is 124 Å². The molecule has 1 aliphatic heterocycles. The Bertz CT molecular complexity index is 459. The number of ether oxygens (including phenoxy) is 2. The molecule has 1 spiro atoms. The summed E-state index contributed by atoms with van der Waals surface area (Å²) in [6, 6.07) is 7.28. The first-order valence-electron chi connectivity index (χ1n) is 7.37. The summed E-state index contributed by atoms with van der Waals surface area (Å²) in [5, 5.41) is 11.0. The molecule has 2 fully saturated rings. The topological polar surface area (TPSA) is 38.7 Å². The maximum atomic E-state index is 10.3. The second-order valence-electron chi connectivity index (χ2n) is 5.97. The molecule has 1 heterocycles. The third-order valence-electron chi connectivity index (χ3n) is 4.56. The standard InChI is InChI=1S/C16H21ClO3/c17-13-3-1-4-14(9-13)19-11-15(18)12-5-8-20-16(10-12)6-2-7-16/h1,3-4,9,12,15,18H,2,5-8,10-11H2. The lowest BCUT2D eigenvalue weighted by Crippen LogP contribution is -2.48. The van der Waals surface area contributed by atoms with Gasteiger partial charge in [-0.05, 0) is 56.2 Å². The van der Waals surface area contributed by atoms with Crippen molar-refractivity contribution in [3.05, 3.63) is 29.3 Å². The first kappa shape index (κ1) is 14.2. The van der Waals surface area contributed by atoms with Crippen LogP contribution >= 0.6 is 11.6 Å². The third kappa shape index (κ3) is 3.11. The quantitative estimate of drug-likeness (QED) is 0.925. The van der Waals surface area contributed by atoms with E-state index in [1.807, 2.05) is 18.2 Å². The summed E-state index contributed by atoms with van der Waals surface area (Å²) in [7, 11) is 0. The van der Waals surface area contributed by atoms with E-state index in [0.717, 1.165) is 32.3 Å². The lowest BCUT2D eigenvalue weighted by molar-refractivity contribution is -0.158. The Morgan fingerprint density at radius 2 is 2.30 bits per heavy atom. The summed E-state index contributed by atoms with van der Waals surface area (Å²) < 4.78 is 11.5. The van der Waals surface area contributed by atoms with Crippen molar-refractivity contribution in [2.24, 2.45) is 5.92 Å². The van der Waals surface area contributed by atoms with E-state index in [2.05, 4.69) is 0 Å². The minimum Gasteiger partial charge on any atom is -0.491 e. The van der Waals surface area contributed by atoms with Gasteiger partial charge in [0.15, 0.2) is 0 Å². The highest BCUT2D eigenvalue weighted by Gasteiger charge is 2.44. The normalized spacial score (nSPS) is 26.0. The number of aliphatic hydroxyl groups excluding tert-OH is 1. The van der Waals surface area contributed by atoms with Gasteiger partial charge in [0.25, 0.3) is 0 Å². The van der Waals surface area contributed by atoms with Gasteiger partial charge in [0.2, 0.25) is 0 Å². The summed E-state index contributed by atoms with van der Waals surface area (Å²) in [5.74, 6) is 0.991. The van der Waals surface area contributed by atoms with E-state index in [9.17, 15) is 5.11 Å². The van der Waals surface area contributed by atoms with Crippen molar-refractivity contribution < 1.29 is 14.6 Å². The van der Waals surface area contributed by atoms with Crippen LogP contribution in [0.15, 0.2) is 24.3 Å². The summed E-state index contributed by atoms with van der Waals surface area (Å²) in [6.07, 6.45) is 4.99. The number of hydrogen-bond acceptors (Lipinski definition) is 3. The van der Waals surface area contributed by atoms with Crippen molar-refractivity contribution in [1.29, 1.82) is 0 Å². The average molecular weight is 297 g/mol. The van der Waals surface area contributed by atoms with Gasteiger partial charge < -0.3 is 14.6 Å². The number of halogens is 1. The van der Waals surface area contributed by atoms with Crippen LogP contribution in [0.25, 0.3) is 0 Å². The van der Waals surface area contributed by atoms with E-state index in [1.54, 1.807) is 6.07 Å². The molecule has 3 nitrogen and oxygen atoms in total. The van der Waals surface area contributed by atoms with Gasteiger partial charge in [-0.2, -0.15) is 0 Å². The Morgan fingerprint density at radius 3 is 3.00 bits per heavy atom. The molecule has 2 atom stereocenters. The molecule has 1 N–H and O–H groups in total. The van der Waals surface area contributed by atoms with Crippen molar-refractivity contribution in [1.82, 2.24) is 0 Å². The Balaban J connectivity index is 1.52. The highest BCUT2D eigenvalue weighted by molar-refractivity contribution is 6.30. The molecular weight excluding hydrogens is 276 g/mol. The van der Waals surface area contributed by atoms with Crippen LogP contribution < -0.4 is 4.74 Å². The number of aliphatic hydroxyl groups is 1. The van der Waals surface area contributed by atoms with Gasteiger partial charge in [-0.1, -0.05) is 17.7 Å². The fraction of sp³-hybridized carbons (Fsp3) is 0.625. The maximum Gasteiger partial charge on any atom is 0.120 e. The second kappa shape index (κ2) is 5.92. The van der Waals surface area contributed by atoms with Crippen molar-refractivity contribution >= 4 is 11.6 Å². The molecule has 1 saturated heterocycles. The Hall–Kier alpha value is -0.770. The Morgan fingerprint density at radius 1 is 1.45 bits per heavy atom. The molecule has 3 rings (SSSR count). The first-order valence-corrected chi connectivity index (χ1v) is 7.75. The maximum absolute atomic E-state index is 10.3. The zero-order valence-electron chi connectivity index (χ0n) is 11.6. The lowest BCUT2D eigenvalue weighted by Gasteiger charge is -2.48. The fourth-order valence-electron chi connectivity index (χ4n) is 3.19. The van der Waals surface area contributed by atoms with Crippen molar-refractivity contribution in [2.45, 2.75) is 43.8 Å². The number of benzene rings is 1. The van der Waals surface area contributed by atoms with Crippen LogP contribution in [-0.4, -0.2) is 30.0 Å². The van der Waals surface area contributed by atoms with Gasteiger partial charge in [0.1, 0.15) is 12.4 Å². The molecule has 0 radical (unpaired) electrons. The minimum absolute atomic E-state index is 0.0694. The molecule has 0 aromatic heterocycles. The van der Waals surface area contributed by atoms with Crippen molar-refractivity contribution in [2.75, 3.05) is 13.2 Å². The monoisotopic (exact) mass is 296 g/mol. The molecule has 4 heteroatoms. The van der Waals surface area contributed by atoms with Gasteiger partial charge in [0, 0.05) is 11.6 Å². The van der Waals surface area contributed by atoms with E-state index >= 15 is 0 Å². The average Bonchev–Trinajstić information content (AvgIpc) is 2.43. The zero-order valence-corrected chi connectivity index (χ0v) is 12.3. The fourth-order valence-corrected chi connectivity index (χ4v) is 3.37. The highest BCUT2D eigenvalue weighted by atomic mass is 35.5. The van der Waals surface area contributed by atoms with Gasteiger partial charge in [-0.25, -0.2) is 0 Å². The molecule has 0 bridgehead atoms. The summed E-state index contributed by atoms with van der Waals surface area (Å²) >= 11 is 5.91. The van der Waals surface area contributed by atoms with Crippen LogP contribution in [0.5, 0.6) is 5.75 Å². The second-order valence-corrected chi connectivity index (χ2v) is 6.41. The molecule has 110 valence electrons. The lowest BCUT2D eigenvalue weighted by atomic mass is 9.71. The Kier molecular flexibility index (Phi) is 4.20. The van der Waals surface area contributed by atoms with Gasteiger partial charge in [-0.3, -0.25) is 0 Å². The summed E-state index contributed by atoms with van der Waals surface area (Å²) in [5.41, 5.74) is 0.0694. The van der Waals surface area contributed by atoms with E-state index in [-0.39, 0.29) is 11.5 Å². The van der Waals surface area contributed by atoms with Crippen LogP contribution in [0.4, 0.5) is 0 Å². The van der Waals surface area contributed by atoms with E-state index < -0.39 is 6.10 Å².